The number of carbonyl (C=O) groups excluding carboxylic acids is 1. The summed E-state index contributed by atoms with van der Waals surface area (Å²) in [5.41, 5.74) is 2.91. The van der Waals surface area contributed by atoms with E-state index in [9.17, 15) is 4.79 Å². The van der Waals surface area contributed by atoms with Gasteiger partial charge in [-0.3, -0.25) is 4.79 Å². The van der Waals surface area contributed by atoms with E-state index < -0.39 is 0 Å². The molecule has 0 amide bonds. The van der Waals surface area contributed by atoms with Gasteiger partial charge in [0, 0.05) is 11.8 Å². The Labute approximate surface area is 158 Å². The van der Waals surface area contributed by atoms with Crippen molar-refractivity contribution in [3.05, 3.63) is 60.3 Å². The molecule has 0 aliphatic heterocycles. The average molecular weight is 362 g/mol. The van der Waals surface area contributed by atoms with Crippen LogP contribution in [0.3, 0.4) is 0 Å². The second-order valence-electron chi connectivity index (χ2n) is 6.72. The van der Waals surface area contributed by atoms with Crippen molar-refractivity contribution in [2.45, 2.75) is 31.8 Å². The van der Waals surface area contributed by atoms with Crippen LogP contribution in [-0.2, 0) is 0 Å². The van der Waals surface area contributed by atoms with Crippen molar-refractivity contribution in [2.24, 2.45) is 0 Å². The van der Waals surface area contributed by atoms with Gasteiger partial charge in [0.25, 0.3) is 0 Å². The highest BCUT2D eigenvalue weighted by Gasteiger charge is 2.20. The normalized spacial score (nSPS) is 14.3. The van der Waals surface area contributed by atoms with Crippen molar-refractivity contribution in [1.29, 1.82) is 0 Å². The van der Waals surface area contributed by atoms with Crippen molar-refractivity contribution in [3.63, 3.8) is 0 Å². The maximum absolute atomic E-state index is 11.6. The highest BCUT2D eigenvalue weighted by molar-refractivity contribution is 5.86. The van der Waals surface area contributed by atoms with Crippen molar-refractivity contribution >= 4 is 6.29 Å². The van der Waals surface area contributed by atoms with Crippen LogP contribution in [0.15, 0.2) is 54.7 Å². The zero-order valence-corrected chi connectivity index (χ0v) is 15.3. The standard InChI is InChI=1S/C22H22N2O3/c1-26-20-12-11-16(13-21(20)27-19-9-5-6-10-19)22-17(15-25)14-24(23-22)18-7-3-2-4-8-18/h2-4,7-8,11-15,19H,5-6,9-10H2,1H3. The van der Waals surface area contributed by atoms with E-state index in [4.69, 9.17) is 9.47 Å². The average Bonchev–Trinajstić information content (AvgIpc) is 3.38. The molecule has 0 radical (unpaired) electrons. The Morgan fingerprint density at radius 2 is 1.85 bits per heavy atom. The lowest BCUT2D eigenvalue weighted by Gasteiger charge is -2.16. The molecule has 5 heteroatoms. The Kier molecular flexibility index (Phi) is 4.92. The predicted molar refractivity (Wildman–Crippen MR) is 104 cm³/mol. The molecule has 0 spiro atoms. The Hall–Kier alpha value is -3.08. The molecule has 0 saturated heterocycles. The molecular weight excluding hydrogens is 340 g/mol. The molecule has 3 aromatic rings. The summed E-state index contributed by atoms with van der Waals surface area (Å²) in [6.45, 7) is 0. The number of aromatic nitrogens is 2. The summed E-state index contributed by atoms with van der Waals surface area (Å²) in [4.78, 5) is 11.6. The molecule has 1 saturated carbocycles. The van der Waals surface area contributed by atoms with Crippen LogP contribution in [0.4, 0.5) is 0 Å². The Bertz CT molecular complexity index is 928. The first-order chi connectivity index (χ1) is 13.3. The van der Waals surface area contributed by atoms with E-state index in [1.807, 2.05) is 48.5 Å². The first-order valence-electron chi connectivity index (χ1n) is 9.24. The van der Waals surface area contributed by atoms with Crippen LogP contribution in [0.2, 0.25) is 0 Å². The molecule has 1 aliphatic rings. The lowest BCUT2D eigenvalue weighted by molar-refractivity contribution is 0.112. The van der Waals surface area contributed by atoms with Gasteiger partial charge in [0.15, 0.2) is 17.8 Å². The molecule has 0 N–H and O–H groups in total. The number of hydrogen-bond acceptors (Lipinski definition) is 4. The largest absolute Gasteiger partial charge is 0.493 e. The number of nitrogens with zero attached hydrogens (tertiary/aromatic N) is 2. The van der Waals surface area contributed by atoms with E-state index in [-0.39, 0.29) is 6.10 Å². The molecule has 1 aromatic heterocycles. The summed E-state index contributed by atoms with van der Waals surface area (Å²) < 4.78 is 13.4. The fourth-order valence-corrected chi connectivity index (χ4v) is 3.51. The maximum atomic E-state index is 11.6. The summed E-state index contributed by atoms with van der Waals surface area (Å²) in [5.74, 6) is 1.40. The van der Waals surface area contributed by atoms with E-state index in [2.05, 4.69) is 5.10 Å². The van der Waals surface area contributed by atoms with E-state index in [0.29, 0.717) is 22.8 Å². The summed E-state index contributed by atoms with van der Waals surface area (Å²) in [7, 11) is 1.64. The number of ether oxygens (including phenoxy) is 2. The fraction of sp³-hybridized carbons (Fsp3) is 0.273. The zero-order chi connectivity index (χ0) is 18.6. The lowest BCUT2D eigenvalue weighted by atomic mass is 10.1. The van der Waals surface area contributed by atoms with Crippen LogP contribution < -0.4 is 9.47 Å². The molecule has 0 atom stereocenters. The number of benzene rings is 2. The number of aldehydes is 1. The van der Waals surface area contributed by atoms with Crippen molar-refractivity contribution < 1.29 is 14.3 Å². The second-order valence-corrected chi connectivity index (χ2v) is 6.72. The SMILES string of the molecule is COc1ccc(-c2nn(-c3ccccc3)cc2C=O)cc1OC1CCCC1. The minimum atomic E-state index is 0.224. The van der Waals surface area contributed by atoms with Gasteiger partial charge in [-0.05, 0) is 56.0 Å². The van der Waals surface area contributed by atoms with Crippen LogP contribution in [0.1, 0.15) is 36.0 Å². The number of hydrogen-bond donors (Lipinski definition) is 0. The van der Waals surface area contributed by atoms with Crippen LogP contribution in [0.25, 0.3) is 16.9 Å². The fourth-order valence-electron chi connectivity index (χ4n) is 3.51. The van der Waals surface area contributed by atoms with Gasteiger partial charge < -0.3 is 9.47 Å². The maximum Gasteiger partial charge on any atom is 0.162 e. The minimum absolute atomic E-state index is 0.224. The Balaban J connectivity index is 1.72. The number of rotatable bonds is 6. The number of para-hydroxylation sites is 1. The van der Waals surface area contributed by atoms with Crippen LogP contribution in [0.5, 0.6) is 11.5 Å². The molecule has 5 nitrogen and oxygen atoms in total. The lowest BCUT2D eigenvalue weighted by Crippen LogP contribution is -2.11. The van der Waals surface area contributed by atoms with E-state index >= 15 is 0 Å². The highest BCUT2D eigenvalue weighted by atomic mass is 16.5. The molecular formula is C22H22N2O3. The molecule has 0 bridgehead atoms. The van der Waals surface area contributed by atoms with Crippen molar-refractivity contribution in [2.75, 3.05) is 7.11 Å². The van der Waals surface area contributed by atoms with Crippen molar-refractivity contribution in [3.8, 4) is 28.4 Å². The van der Waals surface area contributed by atoms with Crippen LogP contribution in [-0.4, -0.2) is 29.3 Å². The Morgan fingerprint density at radius 1 is 1.07 bits per heavy atom. The molecule has 0 unspecified atom stereocenters. The molecule has 27 heavy (non-hydrogen) atoms. The van der Waals surface area contributed by atoms with Gasteiger partial charge in [-0.2, -0.15) is 5.10 Å². The highest BCUT2D eigenvalue weighted by Crippen LogP contribution is 2.36. The zero-order valence-electron chi connectivity index (χ0n) is 15.3. The van der Waals surface area contributed by atoms with Gasteiger partial charge in [-0.15, -0.1) is 0 Å². The summed E-state index contributed by atoms with van der Waals surface area (Å²) in [6.07, 6.45) is 7.34. The molecule has 2 aromatic carbocycles. The molecule has 1 heterocycles. The quantitative estimate of drug-likeness (QED) is 0.597. The van der Waals surface area contributed by atoms with Gasteiger partial charge in [-0.25, -0.2) is 4.68 Å². The molecule has 1 fully saturated rings. The summed E-state index contributed by atoms with van der Waals surface area (Å²) in [5, 5.41) is 4.64. The second kappa shape index (κ2) is 7.66. The van der Waals surface area contributed by atoms with Crippen LogP contribution >= 0.6 is 0 Å². The minimum Gasteiger partial charge on any atom is -0.493 e. The van der Waals surface area contributed by atoms with Crippen LogP contribution in [0, 0.1) is 0 Å². The summed E-state index contributed by atoms with van der Waals surface area (Å²) in [6, 6.07) is 15.4. The van der Waals surface area contributed by atoms with E-state index in [1.165, 1.54) is 12.8 Å². The van der Waals surface area contributed by atoms with Gasteiger partial charge in [0.05, 0.1) is 24.5 Å². The van der Waals surface area contributed by atoms with E-state index in [0.717, 1.165) is 30.4 Å². The van der Waals surface area contributed by atoms with Gasteiger partial charge >= 0.3 is 0 Å². The van der Waals surface area contributed by atoms with Gasteiger partial charge in [0.1, 0.15) is 5.69 Å². The summed E-state index contributed by atoms with van der Waals surface area (Å²) >= 11 is 0. The third-order valence-corrected chi connectivity index (χ3v) is 4.92. The van der Waals surface area contributed by atoms with Gasteiger partial charge in [0.2, 0.25) is 0 Å². The number of carbonyl (C=O) groups is 1. The third kappa shape index (κ3) is 3.58. The van der Waals surface area contributed by atoms with E-state index in [1.54, 1.807) is 18.0 Å². The third-order valence-electron chi connectivity index (χ3n) is 4.92. The first kappa shape index (κ1) is 17.3. The smallest absolute Gasteiger partial charge is 0.162 e. The molecule has 138 valence electrons. The Morgan fingerprint density at radius 3 is 2.56 bits per heavy atom. The molecule has 4 rings (SSSR count). The monoisotopic (exact) mass is 362 g/mol. The van der Waals surface area contributed by atoms with Crippen molar-refractivity contribution in [1.82, 2.24) is 9.78 Å². The van der Waals surface area contributed by atoms with Gasteiger partial charge in [-0.1, -0.05) is 18.2 Å². The molecule has 1 aliphatic carbocycles. The predicted octanol–water partition coefficient (Wildman–Crippen LogP) is 4.68. The number of methoxy groups -OCH3 is 1. The topological polar surface area (TPSA) is 53.4 Å². The first-order valence-corrected chi connectivity index (χ1v) is 9.24.